The van der Waals surface area contributed by atoms with Crippen LogP contribution in [0.15, 0.2) is 30.6 Å². The molecule has 0 saturated carbocycles. The van der Waals surface area contributed by atoms with Crippen LogP contribution in [0.1, 0.15) is 41.5 Å². The van der Waals surface area contributed by atoms with E-state index in [1.165, 1.54) is 14.2 Å². The molecule has 0 saturated heterocycles. The molecule has 10 nitrogen and oxygen atoms in total. The van der Waals surface area contributed by atoms with Crippen molar-refractivity contribution in [1.82, 2.24) is 0 Å². The van der Waals surface area contributed by atoms with Gasteiger partial charge in [0.2, 0.25) is 10.3 Å². The van der Waals surface area contributed by atoms with E-state index in [0.717, 1.165) is 11.8 Å². The number of thioether (sulfide) groups is 1. The number of methoxy groups -OCH3 is 2. The SMILES string of the molecule is COC(=O)/C(=N\N=C1N=N/C(=N/N=C(\C(=O)OC)C(C)(C)C)S\1)C(C)(C)C. The van der Waals surface area contributed by atoms with E-state index in [1.807, 2.05) is 41.5 Å². The molecule has 0 N–H and O–H groups in total. The number of nitrogens with zero attached hydrogens (tertiary/aromatic N) is 6. The van der Waals surface area contributed by atoms with E-state index in [9.17, 15) is 9.59 Å². The zero-order valence-corrected chi connectivity index (χ0v) is 17.5. The topological polar surface area (TPSA) is 127 Å². The molecule has 1 aliphatic rings. The highest BCUT2D eigenvalue weighted by Crippen LogP contribution is 2.22. The van der Waals surface area contributed by atoms with Gasteiger partial charge in [0.05, 0.1) is 14.2 Å². The molecule has 1 aliphatic heterocycles. The van der Waals surface area contributed by atoms with Crippen molar-refractivity contribution in [1.29, 1.82) is 0 Å². The Labute approximate surface area is 162 Å². The Morgan fingerprint density at radius 3 is 1.37 bits per heavy atom. The average molecular weight is 396 g/mol. The largest absolute Gasteiger partial charge is 0.464 e. The van der Waals surface area contributed by atoms with Crippen LogP contribution in [-0.4, -0.2) is 47.9 Å². The van der Waals surface area contributed by atoms with Gasteiger partial charge < -0.3 is 9.47 Å². The normalized spacial score (nSPS) is 19.0. The van der Waals surface area contributed by atoms with Gasteiger partial charge in [-0.2, -0.15) is 0 Å². The smallest absolute Gasteiger partial charge is 0.354 e. The first-order valence-electron chi connectivity index (χ1n) is 7.98. The maximum atomic E-state index is 11.8. The first-order valence-corrected chi connectivity index (χ1v) is 8.80. The summed E-state index contributed by atoms with van der Waals surface area (Å²) >= 11 is 1.00. The molecule has 0 bridgehead atoms. The quantitative estimate of drug-likeness (QED) is 0.410. The Kier molecular flexibility index (Phi) is 7.52. The van der Waals surface area contributed by atoms with Crippen LogP contribution in [-0.2, 0) is 19.1 Å². The van der Waals surface area contributed by atoms with Gasteiger partial charge in [-0.05, 0) is 11.8 Å². The zero-order valence-electron chi connectivity index (χ0n) is 16.7. The molecule has 1 rings (SSSR count). The lowest BCUT2D eigenvalue weighted by Gasteiger charge is -2.17. The third-order valence-electron chi connectivity index (χ3n) is 3.05. The maximum Gasteiger partial charge on any atom is 0.354 e. The molecule has 0 aromatic heterocycles. The lowest BCUT2D eigenvalue weighted by atomic mass is 9.90. The molecular formula is C16H24N6O4S. The summed E-state index contributed by atoms with van der Waals surface area (Å²) in [5, 5.41) is 23.8. The highest BCUT2D eigenvalue weighted by Gasteiger charge is 2.28. The van der Waals surface area contributed by atoms with Crippen molar-refractivity contribution >= 4 is 45.5 Å². The van der Waals surface area contributed by atoms with Gasteiger partial charge in [0.25, 0.3) is 0 Å². The number of azo groups is 1. The van der Waals surface area contributed by atoms with Crippen molar-refractivity contribution < 1.29 is 19.1 Å². The van der Waals surface area contributed by atoms with Crippen molar-refractivity contribution in [3.8, 4) is 0 Å². The van der Waals surface area contributed by atoms with Crippen molar-refractivity contribution in [3.63, 3.8) is 0 Å². The minimum Gasteiger partial charge on any atom is -0.464 e. The Morgan fingerprint density at radius 1 is 0.778 bits per heavy atom. The summed E-state index contributed by atoms with van der Waals surface area (Å²) in [6, 6.07) is 0. The molecule has 0 spiro atoms. The van der Waals surface area contributed by atoms with Gasteiger partial charge >= 0.3 is 11.9 Å². The van der Waals surface area contributed by atoms with Crippen LogP contribution in [0.3, 0.4) is 0 Å². The van der Waals surface area contributed by atoms with Crippen LogP contribution in [0.5, 0.6) is 0 Å². The Morgan fingerprint density at radius 2 is 1.11 bits per heavy atom. The summed E-state index contributed by atoms with van der Waals surface area (Å²) < 4.78 is 9.44. The minimum atomic E-state index is -0.571. The van der Waals surface area contributed by atoms with Gasteiger partial charge in [0.15, 0.2) is 11.4 Å². The van der Waals surface area contributed by atoms with Gasteiger partial charge in [-0.15, -0.1) is 30.6 Å². The second-order valence-corrected chi connectivity index (χ2v) is 8.38. The molecule has 0 aliphatic carbocycles. The molecule has 0 unspecified atom stereocenters. The van der Waals surface area contributed by atoms with Crippen LogP contribution in [0, 0.1) is 10.8 Å². The lowest BCUT2D eigenvalue weighted by Crippen LogP contribution is -2.29. The average Bonchev–Trinajstić information content (AvgIpc) is 2.99. The Balaban J connectivity index is 3.05. The fourth-order valence-electron chi connectivity index (χ4n) is 1.66. The molecule has 148 valence electrons. The predicted octanol–water partition coefficient (Wildman–Crippen LogP) is 3.05. The number of ether oxygens (including phenoxy) is 2. The number of hydrogen-bond acceptors (Lipinski definition) is 9. The van der Waals surface area contributed by atoms with E-state index in [-0.39, 0.29) is 21.8 Å². The van der Waals surface area contributed by atoms with Crippen molar-refractivity contribution in [2.24, 2.45) is 41.5 Å². The summed E-state index contributed by atoms with van der Waals surface area (Å²) in [6.07, 6.45) is 0. The van der Waals surface area contributed by atoms with E-state index in [4.69, 9.17) is 9.47 Å². The minimum absolute atomic E-state index is 0.150. The molecular weight excluding hydrogens is 372 g/mol. The Hall–Kier alpha value is -2.43. The van der Waals surface area contributed by atoms with Crippen LogP contribution < -0.4 is 0 Å². The summed E-state index contributed by atoms with van der Waals surface area (Å²) in [4.78, 5) is 23.6. The third kappa shape index (κ3) is 6.66. The number of rotatable bonds is 4. The molecule has 0 radical (unpaired) electrons. The molecule has 1 heterocycles. The lowest BCUT2D eigenvalue weighted by molar-refractivity contribution is -0.134. The first-order chi connectivity index (χ1) is 12.4. The number of hydrogen-bond donors (Lipinski definition) is 0. The molecule has 0 aromatic carbocycles. The molecule has 0 atom stereocenters. The van der Waals surface area contributed by atoms with Crippen LogP contribution in [0.25, 0.3) is 0 Å². The number of carbonyl (C=O) groups is 2. The van der Waals surface area contributed by atoms with Gasteiger partial charge in [0.1, 0.15) is 0 Å². The third-order valence-corrected chi connectivity index (χ3v) is 3.74. The van der Waals surface area contributed by atoms with Gasteiger partial charge in [0, 0.05) is 10.8 Å². The van der Waals surface area contributed by atoms with Crippen molar-refractivity contribution in [3.05, 3.63) is 0 Å². The van der Waals surface area contributed by atoms with Crippen LogP contribution in [0.2, 0.25) is 0 Å². The second kappa shape index (κ2) is 8.98. The molecule has 0 aromatic rings. The monoisotopic (exact) mass is 396 g/mol. The first kappa shape index (κ1) is 22.6. The van der Waals surface area contributed by atoms with Crippen molar-refractivity contribution in [2.45, 2.75) is 41.5 Å². The fraction of sp³-hybridized carbons (Fsp3) is 0.625. The standard InChI is InChI=1S/C16H24N6O4S/c1-15(2,3)9(11(23)25-7)17-19-13-21-22-14(27-13)20-18-10(12(24)26-8)16(4,5)6/h1-8H3/b17-9+,18-10+,19-13-,20-14-. The highest BCUT2D eigenvalue weighted by molar-refractivity contribution is 8.26. The molecule has 0 fully saturated rings. The molecule has 0 amide bonds. The van der Waals surface area contributed by atoms with Gasteiger partial charge in [-0.3, -0.25) is 0 Å². The van der Waals surface area contributed by atoms with E-state index in [1.54, 1.807) is 0 Å². The van der Waals surface area contributed by atoms with E-state index >= 15 is 0 Å². The van der Waals surface area contributed by atoms with Gasteiger partial charge in [-0.25, -0.2) is 9.59 Å². The maximum absolute atomic E-state index is 11.8. The van der Waals surface area contributed by atoms with Crippen LogP contribution >= 0.6 is 11.8 Å². The molecule has 27 heavy (non-hydrogen) atoms. The van der Waals surface area contributed by atoms with Crippen LogP contribution in [0.4, 0.5) is 0 Å². The number of amidine groups is 2. The van der Waals surface area contributed by atoms with E-state index in [2.05, 4.69) is 30.6 Å². The summed E-state index contributed by atoms with van der Waals surface area (Å²) in [5.74, 6) is -1.14. The second-order valence-electron chi connectivity index (χ2n) is 7.45. The summed E-state index contributed by atoms with van der Waals surface area (Å²) in [7, 11) is 2.55. The predicted molar refractivity (Wildman–Crippen MR) is 105 cm³/mol. The highest BCUT2D eigenvalue weighted by atomic mass is 32.2. The molecule has 11 heteroatoms. The zero-order chi connectivity index (χ0) is 20.8. The van der Waals surface area contributed by atoms with E-state index < -0.39 is 22.8 Å². The van der Waals surface area contributed by atoms with Crippen molar-refractivity contribution in [2.75, 3.05) is 14.2 Å². The number of carbonyl (C=O) groups excluding carboxylic acids is 2. The summed E-state index contributed by atoms with van der Waals surface area (Å²) in [5.41, 5.74) is -0.809. The van der Waals surface area contributed by atoms with Gasteiger partial charge in [-0.1, -0.05) is 41.5 Å². The fourth-order valence-corrected chi connectivity index (χ4v) is 2.15. The number of esters is 2. The van der Waals surface area contributed by atoms with E-state index in [0.29, 0.717) is 0 Å². The Bertz CT molecular complexity index is 692. The summed E-state index contributed by atoms with van der Waals surface area (Å²) in [6.45, 7) is 10.9.